The van der Waals surface area contributed by atoms with Crippen molar-refractivity contribution in [3.63, 3.8) is 0 Å². The minimum atomic E-state index is 0.329. The van der Waals surface area contributed by atoms with Crippen molar-refractivity contribution >= 4 is 12.2 Å². The van der Waals surface area contributed by atoms with Crippen molar-refractivity contribution in [1.82, 2.24) is 0 Å². The summed E-state index contributed by atoms with van der Waals surface area (Å²) in [5, 5.41) is 0. The number of hydrogen-bond acceptors (Lipinski definition) is 4. The van der Waals surface area contributed by atoms with Crippen molar-refractivity contribution < 1.29 is 9.59 Å². The van der Waals surface area contributed by atoms with Gasteiger partial charge in [0, 0.05) is 0 Å². The predicted octanol–water partition coefficient (Wildman–Crippen LogP) is 2.49. The van der Waals surface area contributed by atoms with Gasteiger partial charge in [-0.25, -0.2) is 19.6 Å². The first-order chi connectivity index (χ1) is 8.70. The van der Waals surface area contributed by atoms with Crippen LogP contribution in [0.25, 0.3) is 0 Å². The molecule has 2 aliphatic rings. The Balaban J connectivity index is 1.92. The average Bonchev–Trinajstić information content (AvgIpc) is 2.84. The molecule has 0 aromatic heterocycles. The van der Waals surface area contributed by atoms with Crippen LogP contribution in [0, 0.1) is 23.2 Å². The molecule has 2 aliphatic carbocycles. The molecule has 4 heteroatoms. The van der Waals surface area contributed by atoms with Gasteiger partial charge in [0.25, 0.3) is 0 Å². The molecular weight excluding hydrogens is 228 g/mol. The van der Waals surface area contributed by atoms with Crippen LogP contribution in [0.4, 0.5) is 0 Å². The van der Waals surface area contributed by atoms with Crippen LogP contribution in [-0.4, -0.2) is 25.2 Å². The first-order valence-corrected chi connectivity index (χ1v) is 6.78. The van der Waals surface area contributed by atoms with Crippen LogP contribution < -0.4 is 0 Å². The summed E-state index contributed by atoms with van der Waals surface area (Å²) in [6.07, 6.45) is 9.12. The molecule has 0 amide bonds. The summed E-state index contributed by atoms with van der Waals surface area (Å²) in [7, 11) is 0. The second-order valence-electron chi connectivity index (χ2n) is 5.99. The highest BCUT2D eigenvalue weighted by Gasteiger charge is 2.54. The maximum Gasteiger partial charge on any atom is 0.234 e. The van der Waals surface area contributed by atoms with Gasteiger partial charge in [-0.05, 0) is 55.3 Å². The predicted molar refractivity (Wildman–Crippen MR) is 67.6 cm³/mol. The molecule has 2 fully saturated rings. The Kier molecular flexibility index (Phi) is 4.11. The fraction of sp³-hybridized carbons (Fsp3) is 0.857. The summed E-state index contributed by atoms with van der Waals surface area (Å²) in [5.41, 5.74) is 0.329. The molecule has 0 aromatic rings. The molecule has 0 saturated heterocycles. The van der Waals surface area contributed by atoms with E-state index in [4.69, 9.17) is 0 Å². The Morgan fingerprint density at radius 2 is 1.89 bits per heavy atom. The third-order valence-electron chi connectivity index (χ3n) is 5.09. The first kappa shape index (κ1) is 13.2. The van der Waals surface area contributed by atoms with Crippen molar-refractivity contribution in [2.75, 3.05) is 13.1 Å². The third-order valence-corrected chi connectivity index (χ3v) is 5.09. The summed E-state index contributed by atoms with van der Waals surface area (Å²) >= 11 is 0. The van der Waals surface area contributed by atoms with Crippen molar-refractivity contribution in [3.05, 3.63) is 0 Å². The van der Waals surface area contributed by atoms with E-state index >= 15 is 0 Å². The average molecular weight is 248 g/mol. The van der Waals surface area contributed by atoms with Crippen LogP contribution in [0.15, 0.2) is 9.98 Å². The molecule has 0 radical (unpaired) electrons. The van der Waals surface area contributed by atoms with Crippen LogP contribution >= 0.6 is 0 Å². The molecule has 2 saturated carbocycles. The molecular formula is C14H20N2O2. The van der Waals surface area contributed by atoms with E-state index in [-0.39, 0.29) is 0 Å². The van der Waals surface area contributed by atoms with Gasteiger partial charge in [0.15, 0.2) is 0 Å². The minimum absolute atomic E-state index is 0.329. The Labute approximate surface area is 108 Å². The Morgan fingerprint density at radius 3 is 2.56 bits per heavy atom. The fourth-order valence-corrected chi connectivity index (χ4v) is 4.24. The van der Waals surface area contributed by atoms with Gasteiger partial charge in [-0.15, -0.1) is 0 Å². The molecule has 98 valence electrons. The van der Waals surface area contributed by atoms with E-state index in [0.29, 0.717) is 30.3 Å². The highest BCUT2D eigenvalue weighted by Crippen LogP contribution is 2.61. The van der Waals surface area contributed by atoms with Gasteiger partial charge in [-0.1, -0.05) is 6.92 Å². The standard InChI is InChI=1S/C14H20N2O2/c1-14-7-11(6-13(14)8-16-10-18)5-12(14)3-2-4-15-9-17/h11-13H,2-8H2,1H3. The smallest absolute Gasteiger partial charge is 0.211 e. The number of fused-ring (bicyclic) bond motifs is 2. The van der Waals surface area contributed by atoms with Crippen LogP contribution in [0.5, 0.6) is 0 Å². The van der Waals surface area contributed by atoms with Crippen LogP contribution in [0.1, 0.15) is 39.0 Å². The van der Waals surface area contributed by atoms with E-state index in [1.165, 1.54) is 19.3 Å². The summed E-state index contributed by atoms with van der Waals surface area (Å²) in [5.74, 6) is 2.05. The van der Waals surface area contributed by atoms with Crippen molar-refractivity contribution in [2.45, 2.75) is 39.0 Å². The quantitative estimate of drug-likeness (QED) is 0.412. The van der Waals surface area contributed by atoms with Gasteiger partial charge in [0.05, 0.1) is 13.1 Å². The molecule has 0 heterocycles. The molecule has 4 unspecified atom stereocenters. The zero-order chi connectivity index (χ0) is 13.0. The molecule has 4 nitrogen and oxygen atoms in total. The number of rotatable bonds is 6. The van der Waals surface area contributed by atoms with Crippen molar-refractivity contribution in [2.24, 2.45) is 33.2 Å². The monoisotopic (exact) mass is 248 g/mol. The van der Waals surface area contributed by atoms with Gasteiger partial charge in [0.2, 0.25) is 12.2 Å². The lowest BCUT2D eigenvalue weighted by atomic mass is 9.68. The van der Waals surface area contributed by atoms with E-state index in [9.17, 15) is 9.59 Å². The zero-order valence-electron chi connectivity index (χ0n) is 10.9. The van der Waals surface area contributed by atoms with Gasteiger partial charge in [-0.3, -0.25) is 0 Å². The summed E-state index contributed by atoms with van der Waals surface area (Å²) in [4.78, 5) is 27.7. The van der Waals surface area contributed by atoms with Gasteiger partial charge in [0.1, 0.15) is 0 Å². The number of isocyanates is 2. The molecule has 2 rings (SSSR count). The maximum atomic E-state index is 10.3. The van der Waals surface area contributed by atoms with Crippen LogP contribution in [0.3, 0.4) is 0 Å². The number of aliphatic imine (C=N–C) groups is 2. The molecule has 0 aliphatic heterocycles. The molecule has 0 aromatic carbocycles. The Hall–Kier alpha value is -1.24. The second kappa shape index (κ2) is 5.60. The molecule has 0 spiro atoms. The van der Waals surface area contributed by atoms with Crippen molar-refractivity contribution in [3.8, 4) is 0 Å². The van der Waals surface area contributed by atoms with E-state index in [1.807, 2.05) is 0 Å². The van der Waals surface area contributed by atoms with Gasteiger partial charge >= 0.3 is 0 Å². The van der Waals surface area contributed by atoms with Gasteiger partial charge < -0.3 is 0 Å². The van der Waals surface area contributed by atoms with Crippen LogP contribution in [0.2, 0.25) is 0 Å². The SMILES string of the molecule is CC12CC(CC1CCCN=C=O)CC2CN=C=O. The summed E-state index contributed by atoms with van der Waals surface area (Å²) in [6, 6.07) is 0. The normalized spacial score (nSPS) is 37.1. The highest BCUT2D eigenvalue weighted by atomic mass is 16.1. The van der Waals surface area contributed by atoms with E-state index in [0.717, 1.165) is 18.8 Å². The second-order valence-corrected chi connectivity index (χ2v) is 5.99. The fourth-order valence-electron chi connectivity index (χ4n) is 4.24. The summed E-state index contributed by atoms with van der Waals surface area (Å²) in [6.45, 7) is 3.58. The minimum Gasteiger partial charge on any atom is -0.211 e. The highest BCUT2D eigenvalue weighted by molar-refractivity contribution is 5.33. The lowest BCUT2D eigenvalue weighted by Gasteiger charge is -2.38. The Bertz CT molecular complexity index is 397. The topological polar surface area (TPSA) is 58.9 Å². The molecule has 0 N–H and O–H groups in total. The van der Waals surface area contributed by atoms with E-state index in [2.05, 4.69) is 16.9 Å². The molecule has 4 atom stereocenters. The zero-order valence-corrected chi connectivity index (χ0v) is 10.9. The number of nitrogens with zero attached hydrogens (tertiary/aromatic N) is 2. The maximum absolute atomic E-state index is 10.3. The number of hydrogen-bond donors (Lipinski definition) is 0. The number of carbonyl (C=O) groups excluding carboxylic acids is 2. The van der Waals surface area contributed by atoms with E-state index in [1.54, 1.807) is 12.2 Å². The molecule has 2 bridgehead atoms. The van der Waals surface area contributed by atoms with Crippen LogP contribution in [-0.2, 0) is 9.59 Å². The van der Waals surface area contributed by atoms with Crippen molar-refractivity contribution in [1.29, 1.82) is 0 Å². The lowest BCUT2D eigenvalue weighted by molar-refractivity contribution is 0.121. The first-order valence-electron chi connectivity index (χ1n) is 6.78. The van der Waals surface area contributed by atoms with Gasteiger partial charge in [-0.2, -0.15) is 0 Å². The molecule has 18 heavy (non-hydrogen) atoms. The lowest BCUT2D eigenvalue weighted by Crippen LogP contribution is -2.32. The Morgan fingerprint density at radius 1 is 1.17 bits per heavy atom. The van der Waals surface area contributed by atoms with E-state index < -0.39 is 0 Å². The third kappa shape index (κ3) is 2.45. The largest absolute Gasteiger partial charge is 0.234 e. The summed E-state index contributed by atoms with van der Waals surface area (Å²) < 4.78 is 0.